The molecule has 0 fully saturated rings. The highest BCUT2D eigenvalue weighted by Crippen LogP contribution is 2.32. The van der Waals surface area contributed by atoms with Crippen molar-refractivity contribution < 1.29 is 0 Å². The van der Waals surface area contributed by atoms with E-state index in [4.69, 9.17) is 5.84 Å². The van der Waals surface area contributed by atoms with Crippen molar-refractivity contribution >= 4 is 39.3 Å². The van der Waals surface area contributed by atoms with Gasteiger partial charge in [0, 0.05) is 16.0 Å². The van der Waals surface area contributed by atoms with Gasteiger partial charge in [-0.2, -0.15) is 0 Å². The van der Waals surface area contributed by atoms with E-state index in [0.29, 0.717) is 11.9 Å². The highest BCUT2D eigenvalue weighted by Gasteiger charge is 2.11. The number of fused-ring (bicyclic) bond motifs is 1. The Bertz CT molecular complexity index is 538. The lowest BCUT2D eigenvalue weighted by Crippen LogP contribution is -2.10. The molecule has 0 aliphatic heterocycles. The Labute approximate surface area is 115 Å². The number of rotatable bonds is 5. The normalized spacial score (nSPS) is 12.9. The van der Waals surface area contributed by atoms with Gasteiger partial charge in [0.25, 0.3) is 0 Å². The second-order valence-electron chi connectivity index (χ2n) is 4.40. The number of thiophene rings is 1. The molecule has 0 aliphatic rings. The van der Waals surface area contributed by atoms with Gasteiger partial charge >= 0.3 is 0 Å². The Morgan fingerprint density at radius 1 is 1.50 bits per heavy atom. The Balaban J connectivity index is 2.34. The number of aromatic nitrogens is 2. The molecule has 4 nitrogen and oxygen atoms in total. The summed E-state index contributed by atoms with van der Waals surface area (Å²) in [7, 11) is 0. The molecule has 98 valence electrons. The van der Waals surface area contributed by atoms with E-state index < -0.39 is 0 Å². The summed E-state index contributed by atoms with van der Waals surface area (Å²) in [5.74, 6) is 7.68. The minimum absolute atomic E-state index is 0.496. The van der Waals surface area contributed by atoms with Crippen molar-refractivity contribution in [2.45, 2.75) is 32.2 Å². The molecule has 18 heavy (non-hydrogen) atoms. The lowest BCUT2D eigenvalue weighted by atomic mass is 10.2. The second kappa shape index (κ2) is 5.86. The summed E-state index contributed by atoms with van der Waals surface area (Å²) >= 11 is 3.46. The first-order valence-corrected chi connectivity index (χ1v) is 7.81. The highest BCUT2D eigenvalue weighted by molar-refractivity contribution is 7.99. The Morgan fingerprint density at radius 2 is 2.28 bits per heavy atom. The van der Waals surface area contributed by atoms with Crippen molar-refractivity contribution in [1.29, 1.82) is 0 Å². The lowest BCUT2D eigenvalue weighted by molar-refractivity contribution is 0.636. The molecule has 0 aliphatic carbocycles. The summed E-state index contributed by atoms with van der Waals surface area (Å²) in [6.07, 6.45) is 1.19. The van der Waals surface area contributed by atoms with Gasteiger partial charge in [0.05, 0.1) is 0 Å². The molecule has 0 spiro atoms. The van der Waals surface area contributed by atoms with Gasteiger partial charge in [-0.25, -0.2) is 15.8 Å². The molecule has 6 heteroatoms. The van der Waals surface area contributed by atoms with E-state index in [9.17, 15) is 0 Å². The minimum Gasteiger partial charge on any atom is -0.292 e. The molecule has 0 bridgehead atoms. The molecule has 0 saturated heterocycles. The average Bonchev–Trinajstić information content (AvgIpc) is 2.75. The van der Waals surface area contributed by atoms with Gasteiger partial charge in [-0.05, 0) is 18.9 Å². The summed E-state index contributed by atoms with van der Waals surface area (Å²) in [4.78, 5) is 11.1. The molecule has 1 unspecified atom stereocenters. The van der Waals surface area contributed by atoms with Gasteiger partial charge in [0.15, 0.2) is 0 Å². The third kappa shape index (κ3) is 2.93. The molecule has 1 atom stereocenters. The smallest absolute Gasteiger partial charge is 0.239 e. The third-order valence-corrected chi connectivity index (χ3v) is 5.08. The molecular weight excluding hydrogens is 264 g/mol. The molecule has 0 aromatic carbocycles. The topological polar surface area (TPSA) is 63.8 Å². The van der Waals surface area contributed by atoms with Crippen LogP contribution in [0.15, 0.2) is 11.1 Å². The van der Waals surface area contributed by atoms with Crippen LogP contribution in [0.2, 0.25) is 0 Å². The molecular formula is C12H18N4S2. The van der Waals surface area contributed by atoms with E-state index in [1.807, 2.05) is 0 Å². The molecule has 0 saturated carbocycles. The molecule has 2 aromatic rings. The summed E-state index contributed by atoms with van der Waals surface area (Å²) in [6.45, 7) is 6.56. The Kier molecular flexibility index (Phi) is 4.42. The number of nitrogens with one attached hydrogen (secondary N) is 1. The maximum absolute atomic E-state index is 5.42. The predicted octanol–water partition coefficient (Wildman–Crippen LogP) is 3.42. The summed E-state index contributed by atoms with van der Waals surface area (Å²) in [6, 6.07) is 2.15. The van der Waals surface area contributed by atoms with Crippen LogP contribution in [0.25, 0.3) is 10.2 Å². The predicted molar refractivity (Wildman–Crippen MR) is 80.1 cm³/mol. The third-order valence-electron chi connectivity index (χ3n) is 2.81. The van der Waals surface area contributed by atoms with Crippen LogP contribution in [0.5, 0.6) is 0 Å². The van der Waals surface area contributed by atoms with Crippen LogP contribution in [0, 0.1) is 12.8 Å². The van der Waals surface area contributed by atoms with Crippen LogP contribution in [0.3, 0.4) is 0 Å². The average molecular weight is 282 g/mol. The zero-order valence-electron chi connectivity index (χ0n) is 10.9. The zero-order chi connectivity index (χ0) is 13.1. The quantitative estimate of drug-likeness (QED) is 0.381. The molecule has 2 rings (SSSR count). The number of nitrogen functional groups attached to an aromatic ring is 1. The first kappa shape index (κ1) is 13.6. The maximum atomic E-state index is 5.42. The second-order valence-corrected chi connectivity index (χ2v) is 6.64. The van der Waals surface area contributed by atoms with E-state index in [1.165, 1.54) is 11.3 Å². The molecule has 0 amide bonds. The number of aryl methyl sites for hydroxylation is 1. The SMILES string of the molecule is CCC(C)CSc1nc(NN)nc2sc(C)cc12. The van der Waals surface area contributed by atoms with Gasteiger partial charge in [-0.3, -0.25) is 5.43 Å². The summed E-state index contributed by atoms with van der Waals surface area (Å²) in [5, 5.41) is 2.17. The van der Waals surface area contributed by atoms with Gasteiger partial charge in [0.1, 0.15) is 9.86 Å². The highest BCUT2D eigenvalue weighted by atomic mass is 32.2. The number of anilines is 1. The standard InChI is InChI=1S/C12H18N4S2/c1-4-7(2)6-17-10-9-5-8(3)18-11(9)15-12(14-10)16-13/h5,7H,4,6,13H2,1-3H3,(H,14,15,16). The molecule has 0 radical (unpaired) electrons. The van der Waals surface area contributed by atoms with E-state index in [2.05, 4.69) is 42.2 Å². The minimum atomic E-state index is 0.496. The number of thioether (sulfide) groups is 1. The fourth-order valence-corrected chi connectivity index (χ4v) is 3.61. The van der Waals surface area contributed by atoms with Crippen LogP contribution >= 0.6 is 23.1 Å². The van der Waals surface area contributed by atoms with Crippen molar-refractivity contribution in [2.24, 2.45) is 11.8 Å². The van der Waals surface area contributed by atoms with Crippen molar-refractivity contribution in [3.8, 4) is 0 Å². The number of nitrogens with zero attached hydrogens (tertiary/aromatic N) is 2. The van der Waals surface area contributed by atoms with Crippen LogP contribution in [0.4, 0.5) is 5.95 Å². The van der Waals surface area contributed by atoms with Gasteiger partial charge in [0.2, 0.25) is 5.95 Å². The number of nitrogens with two attached hydrogens (primary N) is 1. The fraction of sp³-hybridized carbons (Fsp3) is 0.500. The van der Waals surface area contributed by atoms with E-state index >= 15 is 0 Å². The lowest BCUT2D eigenvalue weighted by Gasteiger charge is -2.08. The van der Waals surface area contributed by atoms with Crippen molar-refractivity contribution in [3.05, 3.63) is 10.9 Å². The fourth-order valence-electron chi connectivity index (χ4n) is 1.53. The zero-order valence-corrected chi connectivity index (χ0v) is 12.5. The summed E-state index contributed by atoms with van der Waals surface area (Å²) in [5.41, 5.74) is 2.54. The van der Waals surface area contributed by atoms with Crippen LogP contribution < -0.4 is 11.3 Å². The van der Waals surface area contributed by atoms with Crippen LogP contribution in [-0.2, 0) is 0 Å². The molecule has 2 aromatic heterocycles. The van der Waals surface area contributed by atoms with Crippen molar-refractivity contribution in [2.75, 3.05) is 11.2 Å². The van der Waals surface area contributed by atoms with E-state index in [0.717, 1.165) is 21.0 Å². The van der Waals surface area contributed by atoms with Crippen LogP contribution in [-0.4, -0.2) is 15.7 Å². The largest absolute Gasteiger partial charge is 0.292 e. The first-order chi connectivity index (χ1) is 8.63. The van der Waals surface area contributed by atoms with E-state index in [1.54, 1.807) is 23.1 Å². The van der Waals surface area contributed by atoms with Crippen molar-refractivity contribution in [1.82, 2.24) is 9.97 Å². The molecule has 2 heterocycles. The number of hydrogen-bond donors (Lipinski definition) is 2. The van der Waals surface area contributed by atoms with Gasteiger partial charge in [-0.1, -0.05) is 20.3 Å². The van der Waals surface area contributed by atoms with Crippen molar-refractivity contribution in [3.63, 3.8) is 0 Å². The summed E-state index contributed by atoms with van der Waals surface area (Å²) < 4.78 is 0. The van der Waals surface area contributed by atoms with E-state index in [-0.39, 0.29) is 0 Å². The maximum Gasteiger partial charge on any atom is 0.239 e. The van der Waals surface area contributed by atoms with Gasteiger partial charge < -0.3 is 0 Å². The molecule has 3 N–H and O–H groups in total. The Morgan fingerprint density at radius 3 is 2.94 bits per heavy atom. The number of hydrogen-bond acceptors (Lipinski definition) is 6. The van der Waals surface area contributed by atoms with Crippen LogP contribution in [0.1, 0.15) is 25.1 Å². The first-order valence-electron chi connectivity index (χ1n) is 6.01. The Hall–Kier alpha value is -0.850. The van der Waals surface area contributed by atoms with Gasteiger partial charge in [-0.15, -0.1) is 23.1 Å². The number of hydrazine groups is 1. The monoisotopic (exact) mass is 282 g/mol.